The highest BCUT2D eigenvalue weighted by Crippen LogP contribution is 2.28. The van der Waals surface area contributed by atoms with E-state index < -0.39 is 0 Å². The van der Waals surface area contributed by atoms with Gasteiger partial charge in [-0.05, 0) is 31.9 Å². The van der Waals surface area contributed by atoms with Crippen LogP contribution in [-0.4, -0.2) is 27.5 Å². The Kier molecular flexibility index (Phi) is 4.91. The molecule has 0 unspecified atom stereocenters. The summed E-state index contributed by atoms with van der Waals surface area (Å²) in [6.45, 7) is 4.17. The van der Waals surface area contributed by atoms with Gasteiger partial charge in [0.25, 0.3) is 0 Å². The predicted octanol–water partition coefficient (Wildman–Crippen LogP) is 3.27. The van der Waals surface area contributed by atoms with E-state index in [-0.39, 0.29) is 0 Å². The lowest BCUT2D eigenvalue weighted by atomic mass is 9.95. The number of rotatable bonds is 4. The normalized spacial score (nSPS) is 23.6. The Morgan fingerprint density at radius 3 is 2.53 bits per heavy atom. The van der Waals surface area contributed by atoms with E-state index in [1.165, 1.54) is 25.7 Å². The highest BCUT2D eigenvalue weighted by molar-refractivity contribution is 7.99. The average molecular weight is 280 g/mol. The molecule has 1 aromatic heterocycles. The van der Waals surface area contributed by atoms with Crippen molar-refractivity contribution in [3.63, 3.8) is 0 Å². The first-order valence-corrected chi connectivity index (χ1v) is 8.31. The van der Waals surface area contributed by atoms with Gasteiger partial charge in [0.05, 0.1) is 0 Å². The molecule has 1 aliphatic carbocycles. The van der Waals surface area contributed by atoms with Crippen LogP contribution in [0.5, 0.6) is 0 Å². The monoisotopic (exact) mass is 280 g/mol. The molecule has 0 amide bonds. The van der Waals surface area contributed by atoms with Crippen LogP contribution in [0.2, 0.25) is 0 Å². The van der Waals surface area contributed by atoms with Gasteiger partial charge >= 0.3 is 0 Å². The maximum absolute atomic E-state index is 5.85. The SMILES string of the molecule is CSC1CCC(Nc2cc(N)nc(C(C)C)n2)CC1. The van der Waals surface area contributed by atoms with Gasteiger partial charge in [-0.2, -0.15) is 11.8 Å². The summed E-state index contributed by atoms with van der Waals surface area (Å²) in [6, 6.07) is 2.37. The zero-order chi connectivity index (χ0) is 13.8. The second-order valence-corrected chi connectivity index (χ2v) is 6.68. The number of nitrogens with two attached hydrogens (primary N) is 1. The summed E-state index contributed by atoms with van der Waals surface area (Å²) in [5.41, 5.74) is 5.85. The molecular weight excluding hydrogens is 256 g/mol. The molecule has 4 nitrogen and oxygen atoms in total. The van der Waals surface area contributed by atoms with E-state index in [9.17, 15) is 0 Å². The molecule has 1 aromatic rings. The van der Waals surface area contributed by atoms with Gasteiger partial charge in [0.1, 0.15) is 17.5 Å². The van der Waals surface area contributed by atoms with Crippen LogP contribution in [0.1, 0.15) is 51.3 Å². The summed E-state index contributed by atoms with van der Waals surface area (Å²) in [7, 11) is 0. The third kappa shape index (κ3) is 4.00. The number of aromatic nitrogens is 2. The molecule has 2 rings (SSSR count). The van der Waals surface area contributed by atoms with Crippen LogP contribution in [0.4, 0.5) is 11.6 Å². The Balaban J connectivity index is 1.99. The predicted molar refractivity (Wildman–Crippen MR) is 83.7 cm³/mol. The lowest BCUT2D eigenvalue weighted by Crippen LogP contribution is -2.27. The number of nitrogens with zero attached hydrogens (tertiary/aromatic N) is 2. The van der Waals surface area contributed by atoms with Gasteiger partial charge in [0.15, 0.2) is 0 Å². The molecule has 1 aliphatic rings. The Hall–Kier alpha value is -0.970. The summed E-state index contributed by atoms with van der Waals surface area (Å²) in [5, 5.41) is 4.35. The van der Waals surface area contributed by atoms with E-state index >= 15 is 0 Å². The van der Waals surface area contributed by atoms with Crippen molar-refractivity contribution >= 4 is 23.4 Å². The van der Waals surface area contributed by atoms with Crippen molar-refractivity contribution in [1.29, 1.82) is 0 Å². The minimum Gasteiger partial charge on any atom is -0.384 e. The van der Waals surface area contributed by atoms with E-state index in [0.29, 0.717) is 17.8 Å². The second kappa shape index (κ2) is 6.46. The maximum Gasteiger partial charge on any atom is 0.135 e. The molecule has 0 aromatic carbocycles. The van der Waals surface area contributed by atoms with Crippen LogP contribution in [0.15, 0.2) is 6.07 Å². The average Bonchev–Trinajstić information content (AvgIpc) is 2.39. The Bertz CT molecular complexity index is 414. The van der Waals surface area contributed by atoms with Crippen LogP contribution in [-0.2, 0) is 0 Å². The van der Waals surface area contributed by atoms with E-state index in [1.807, 2.05) is 17.8 Å². The zero-order valence-corrected chi connectivity index (χ0v) is 12.8. The third-order valence-electron chi connectivity index (χ3n) is 3.64. The lowest BCUT2D eigenvalue weighted by molar-refractivity contribution is 0.472. The third-order valence-corrected chi connectivity index (χ3v) is 4.78. The quantitative estimate of drug-likeness (QED) is 0.886. The van der Waals surface area contributed by atoms with Crippen molar-refractivity contribution in [2.75, 3.05) is 17.3 Å². The number of thioether (sulfide) groups is 1. The van der Waals surface area contributed by atoms with Crippen molar-refractivity contribution in [2.45, 2.75) is 56.7 Å². The maximum atomic E-state index is 5.85. The van der Waals surface area contributed by atoms with Gasteiger partial charge in [0, 0.05) is 23.3 Å². The Morgan fingerprint density at radius 2 is 1.95 bits per heavy atom. The van der Waals surface area contributed by atoms with Gasteiger partial charge in [-0.25, -0.2) is 9.97 Å². The first kappa shape index (κ1) is 14.4. The number of hydrogen-bond donors (Lipinski definition) is 2. The van der Waals surface area contributed by atoms with Crippen molar-refractivity contribution in [1.82, 2.24) is 9.97 Å². The van der Waals surface area contributed by atoms with Gasteiger partial charge in [-0.3, -0.25) is 0 Å². The highest BCUT2D eigenvalue weighted by atomic mass is 32.2. The smallest absolute Gasteiger partial charge is 0.135 e. The molecule has 5 heteroatoms. The Morgan fingerprint density at radius 1 is 1.26 bits per heavy atom. The van der Waals surface area contributed by atoms with Gasteiger partial charge < -0.3 is 11.1 Å². The highest BCUT2D eigenvalue weighted by Gasteiger charge is 2.20. The first-order valence-electron chi connectivity index (χ1n) is 7.02. The van der Waals surface area contributed by atoms with E-state index in [0.717, 1.165) is 16.9 Å². The summed E-state index contributed by atoms with van der Waals surface area (Å²) in [6.07, 6.45) is 7.21. The number of nitrogens with one attached hydrogen (secondary N) is 1. The van der Waals surface area contributed by atoms with Gasteiger partial charge in [0.2, 0.25) is 0 Å². The van der Waals surface area contributed by atoms with E-state index in [1.54, 1.807) is 0 Å². The van der Waals surface area contributed by atoms with Crippen LogP contribution in [0.3, 0.4) is 0 Å². The van der Waals surface area contributed by atoms with Crippen molar-refractivity contribution in [3.05, 3.63) is 11.9 Å². The Labute approximate surface area is 120 Å². The zero-order valence-electron chi connectivity index (χ0n) is 12.0. The molecule has 1 saturated carbocycles. The lowest BCUT2D eigenvalue weighted by Gasteiger charge is -2.28. The van der Waals surface area contributed by atoms with Gasteiger partial charge in [-0.1, -0.05) is 13.8 Å². The fourth-order valence-corrected chi connectivity index (χ4v) is 3.21. The molecule has 0 aliphatic heterocycles. The van der Waals surface area contributed by atoms with Crippen LogP contribution in [0.25, 0.3) is 0 Å². The molecule has 0 radical (unpaired) electrons. The summed E-state index contributed by atoms with van der Waals surface area (Å²) < 4.78 is 0. The van der Waals surface area contributed by atoms with Crippen molar-refractivity contribution in [3.8, 4) is 0 Å². The minimum atomic E-state index is 0.302. The second-order valence-electron chi connectivity index (χ2n) is 5.54. The molecule has 106 valence electrons. The summed E-state index contributed by atoms with van der Waals surface area (Å²) >= 11 is 1.99. The molecule has 19 heavy (non-hydrogen) atoms. The number of nitrogen functional groups attached to an aromatic ring is 1. The molecule has 0 atom stereocenters. The number of anilines is 2. The van der Waals surface area contributed by atoms with E-state index in [4.69, 9.17) is 5.73 Å². The first-order chi connectivity index (χ1) is 9.08. The molecule has 1 fully saturated rings. The van der Waals surface area contributed by atoms with E-state index in [2.05, 4.69) is 35.4 Å². The molecule has 3 N–H and O–H groups in total. The molecule has 0 saturated heterocycles. The minimum absolute atomic E-state index is 0.302. The molecule has 0 bridgehead atoms. The molecular formula is C14H24N4S. The largest absolute Gasteiger partial charge is 0.384 e. The van der Waals surface area contributed by atoms with Crippen LogP contribution >= 0.6 is 11.8 Å². The fourth-order valence-electron chi connectivity index (χ4n) is 2.47. The number of hydrogen-bond acceptors (Lipinski definition) is 5. The summed E-state index contributed by atoms with van der Waals surface area (Å²) in [5.74, 6) is 2.55. The molecule has 0 spiro atoms. The summed E-state index contributed by atoms with van der Waals surface area (Å²) in [4.78, 5) is 8.83. The standard InChI is InChI=1S/C14H24N4S/c1-9(2)14-17-12(15)8-13(18-14)16-10-4-6-11(19-3)7-5-10/h8-11H,4-7H2,1-3H3,(H3,15,16,17,18). The van der Waals surface area contributed by atoms with Crippen LogP contribution in [0, 0.1) is 0 Å². The topological polar surface area (TPSA) is 63.8 Å². The fraction of sp³-hybridized carbons (Fsp3) is 0.714. The van der Waals surface area contributed by atoms with Gasteiger partial charge in [-0.15, -0.1) is 0 Å². The van der Waals surface area contributed by atoms with Crippen molar-refractivity contribution in [2.24, 2.45) is 0 Å². The molecule has 1 heterocycles. The van der Waals surface area contributed by atoms with Crippen LogP contribution < -0.4 is 11.1 Å². The van der Waals surface area contributed by atoms with Crippen molar-refractivity contribution < 1.29 is 0 Å².